The van der Waals surface area contributed by atoms with Crippen LogP contribution in [0.2, 0.25) is 0 Å². The lowest BCUT2D eigenvalue weighted by atomic mass is 10.0. The van der Waals surface area contributed by atoms with Gasteiger partial charge in [0.25, 0.3) is 0 Å². The maximum atomic E-state index is 6.07. The lowest BCUT2D eigenvalue weighted by molar-refractivity contribution is 0.467. The SMILES string of the molecule is CCC(N)Cc1cc(Br)ccc1Oc1cnn(C(C)C)c1. The summed E-state index contributed by atoms with van der Waals surface area (Å²) < 4.78 is 8.89. The van der Waals surface area contributed by atoms with Gasteiger partial charge in [-0.15, -0.1) is 0 Å². The number of aromatic nitrogens is 2. The molecule has 0 bridgehead atoms. The summed E-state index contributed by atoms with van der Waals surface area (Å²) in [4.78, 5) is 0. The van der Waals surface area contributed by atoms with Crippen molar-refractivity contribution in [1.29, 1.82) is 0 Å². The lowest BCUT2D eigenvalue weighted by Gasteiger charge is -2.14. The molecule has 114 valence electrons. The number of nitrogens with two attached hydrogens (primary N) is 1. The van der Waals surface area contributed by atoms with Crippen molar-refractivity contribution in [3.8, 4) is 11.5 Å². The average molecular weight is 352 g/mol. The minimum absolute atomic E-state index is 0.139. The Morgan fingerprint density at radius 1 is 1.38 bits per heavy atom. The maximum Gasteiger partial charge on any atom is 0.165 e. The first-order chi connectivity index (χ1) is 9.99. The molecule has 0 aliphatic heterocycles. The molecule has 5 heteroatoms. The maximum absolute atomic E-state index is 6.07. The van der Waals surface area contributed by atoms with Crippen LogP contribution in [-0.2, 0) is 6.42 Å². The van der Waals surface area contributed by atoms with Crippen LogP contribution in [0.25, 0.3) is 0 Å². The molecule has 0 fully saturated rings. The molecular weight excluding hydrogens is 330 g/mol. The molecule has 2 aromatic rings. The second-order valence-electron chi connectivity index (χ2n) is 5.48. The monoisotopic (exact) mass is 351 g/mol. The summed E-state index contributed by atoms with van der Waals surface area (Å²) >= 11 is 3.50. The van der Waals surface area contributed by atoms with Crippen LogP contribution in [0.4, 0.5) is 0 Å². The van der Waals surface area contributed by atoms with Gasteiger partial charge < -0.3 is 10.5 Å². The first-order valence-corrected chi connectivity index (χ1v) is 8.05. The van der Waals surface area contributed by atoms with Crippen LogP contribution in [0.1, 0.15) is 38.8 Å². The number of nitrogens with zero attached hydrogens (tertiary/aromatic N) is 2. The number of ether oxygens (including phenoxy) is 1. The highest BCUT2D eigenvalue weighted by atomic mass is 79.9. The minimum atomic E-state index is 0.139. The third-order valence-corrected chi connectivity index (χ3v) is 3.86. The number of benzene rings is 1. The van der Waals surface area contributed by atoms with E-state index < -0.39 is 0 Å². The Balaban J connectivity index is 2.21. The van der Waals surface area contributed by atoms with Crippen molar-refractivity contribution < 1.29 is 4.74 Å². The Morgan fingerprint density at radius 3 is 2.76 bits per heavy atom. The van der Waals surface area contributed by atoms with Crippen LogP contribution in [-0.4, -0.2) is 15.8 Å². The number of halogens is 1. The van der Waals surface area contributed by atoms with E-state index in [0.717, 1.165) is 34.4 Å². The average Bonchev–Trinajstić information content (AvgIpc) is 2.90. The van der Waals surface area contributed by atoms with Gasteiger partial charge in [0.15, 0.2) is 5.75 Å². The highest BCUT2D eigenvalue weighted by Crippen LogP contribution is 2.29. The summed E-state index contributed by atoms with van der Waals surface area (Å²) in [6, 6.07) is 6.47. The predicted octanol–water partition coefficient (Wildman–Crippen LogP) is 4.30. The van der Waals surface area contributed by atoms with Crippen molar-refractivity contribution >= 4 is 15.9 Å². The van der Waals surface area contributed by atoms with Crippen LogP contribution >= 0.6 is 15.9 Å². The van der Waals surface area contributed by atoms with Crippen molar-refractivity contribution in [3.05, 3.63) is 40.6 Å². The first-order valence-electron chi connectivity index (χ1n) is 7.25. The molecule has 21 heavy (non-hydrogen) atoms. The fraction of sp³-hybridized carbons (Fsp3) is 0.438. The Labute approximate surface area is 134 Å². The molecule has 0 amide bonds. The largest absolute Gasteiger partial charge is 0.454 e. The highest BCUT2D eigenvalue weighted by molar-refractivity contribution is 9.10. The van der Waals surface area contributed by atoms with Crippen molar-refractivity contribution in [1.82, 2.24) is 9.78 Å². The molecule has 2 N–H and O–H groups in total. The van der Waals surface area contributed by atoms with Gasteiger partial charge in [0.2, 0.25) is 0 Å². The van der Waals surface area contributed by atoms with Gasteiger partial charge in [0.05, 0.1) is 12.4 Å². The predicted molar refractivity (Wildman–Crippen MR) is 88.8 cm³/mol. The molecule has 4 nitrogen and oxygen atoms in total. The van der Waals surface area contributed by atoms with Gasteiger partial charge in [-0.3, -0.25) is 4.68 Å². The summed E-state index contributed by atoms with van der Waals surface area (Å²) in [6.07, 6.45) is 5.39. The second-order valence-corrected chi connectivity index (χ2v) is 6.39. The topological polar surface area (TPSA) is 53.1 Å². The fourth-order valence-corrected chi connectivity index (χ4v) is 2.43. The number of hydrogen-bond acceptors (Lipinski definition) is 3. The lowest BCUT2D eigenvalue weighted by Crippen LogP contribution is -2.21. The molecule has 1 atom stereocenters. The zero-order valence-corrected chi connectivity index (χ0v) is 14.3. The van der Waals surface area contributed by atoms with Crippen molar-refractivity contribution in [2.24, 2.45) is 5.73 Å². The van der Waals surface area contributed by atoms with E-state index in [1.807, 2.05) is 23.0 Å². The van der Waals surface area contributed by atoms with E-state index in [2.05, 4.69) is 47.9 Å². The Bertz CT molecular complexity index is 595. The fourth-order valence-electron chi connectivity index (χ4n) is 2.02. The second kappa shape index (κ2) is 7.09. The summed E-state index contributed by atoms with van der Waals surface area (Å²) in [5.41, 5.74) is 7.18. The molecule has 1 heterocycles. The molecule has 0 radical (unpaired) electrons. The molecule has 0 aliphatic carbocycles. The molecule has 1 aromatic carbocycles. The van der Waals surface area contributed by atoms with E-state index in [4.69, 9.17) is 10.5 Å². The van der Waals surface area contributed by atoms with Gasteiger partial charge in [-0.05, 0) is 50.5 Å². The highest BCUT2D eigenvalue weighted by Gasteiger charge is 2.11. The smallest absolute Gasteiger partial charge is 0.165 e. The van der Waals surface area contributed by atoms with Gasteiger partial charge in [-0.1, -0.05) is 22.9 Å². The summed E-state index contributed by atoms with van der Waals surface area (Å²) in [5.74, 6) is 1.59. The summed E-state index contributed by atoms with van der Waals surface area (Å²) in [7, 11) is 0. The minimum Gasteiger partial charge on any atom is -0.454 e. The Hall–Kier alpha value is -1.33. The molecule has 2 rings (SSSR count). The van der Waals surface area contributed by atoms with E-state index >= 15 is 0 Å². The normalized spacial score (nSPS) is 12.7. The molecule has 0 spiro atoms. The van der Waals surface area contributed by atoms with Crippen LogP contribution in [0.15, 0.2) is 35.1 Å². The van der Waals surface area contributed by atoms with E-state index in [9.17, 15) is 0 Å². The first kappa shape index (κ1) is 16.0. The van der Waals surface area contributed by atoms with Crippen LogP contribution in [0.5, 0.6) is 11.5 Å². The van der Waals surface area contributed by atoms with E-state index in [1.54, 1.807) is 6.20 Å². The van der Waals surface area contributed by atoms with Crippen LogP contribution in [0.3, 0.4) is 0 Å². The molecular formula is C16H22BrN3O. The summed E-state index contributed by atoms with van der Waals surface area (Å²) in [5, 5.41) is 4.29. The van der Waals surface area contributed by atoms with Crippen molar-refractivity contribution in [2.45, 2.75) is 45.7 Å². The zero-order valence-electron chi connectivity index (χ0n) is 12.7. The molecule has 0 saturated heterocycles. The van der Waals surface area contributed by atoms with Gasteiger partial charge in [0.1, 0.15) is 5.75 Å². The third-order valence-electron chi connectivity index (χ3n) is 3.36. The van der Waals surface area contributed by atoms with Crippen molar-refractivity contribution in [3.63, 3.8) is 0 Å². The van der Waals surface area contributed by atoms with Crippen LogP contribution < -0.4 is 10.5 Å². The Kier molecular flexibility index (Phi) is 5.42. The van der Waals surface area contributed by atoms with Crippen LogP contribution in [0, 0.1) is 0 Å². The van der Waals surface area contributed by atoms with E-state index in [1.165, 1.54) is 0 Å². The van der Waals surface area contributed by atoms with Crippen molar-refractivity contribution in [2.75, 3.05) is 0 Å². The molecule has 0 aliphatic rings. The van der Waals surface area contributed by atoms with Gasteiger partial charge in [-0.2, -0.15) is 5.10 Å². The standard InChI is InChI=1S/C16H22BrN3O/c1-4-14(18)8-12-7-13(17)5-6-16(12)21-15-9-19-20(10-15)11(2)3/h5-7,9-11,14H,4,8,18H2,1-3H3. The quantitative estimate of drug-likeness (QED) is 0.843. The molecule has 1 aromatic heterocycles. The zero-order chi connectivity index (χ0) is 15.4. The van der Waals surface area contributed by atoms with E-state index in [-0.39, 0.29) is 6.04 Å². The number of rotatable bonds is 6. The Morgan fingerprint density at radius 2 is 2.14 bits per heavy atom. The third kappa shape index (κ3) is 4.32. The van der Waals surface area contributed by atoms with Gasteiger partial charge in [-0.25, -0.2) is 0 Å². The summed E-state index contributed by atoms with van der Waals surface area (Å²) in [6.45, 7) is 6.26. The molecule has 1 unspecified atom stereocenters. The number of hydrogen-bond donors (Lipinski definition) is 1. The van der Waals surface area contributed by atoms with E-state index in [0.29, 0.717) is 6.04 Å². The molecule has 0 saturated carbocycles. The van der Waals surface area contributed by atoms with Gasteiger partial charge in [0, 0.05) is 16.6 Å². The van der Waals surface area contributed by atoms with Gasteiger partial charge >= 0.3 is 0 Å².